The lowest BCUT2D eigenvalue weighted by molar-refractivity contribution is -0.143. The molecule has 0 saturated heterocycles. The van der Waals surface area contributed by atoms with Gasteiger partial charge < -0.3 is 75.1 Å². The molecule has 17 N–H and O–H groups in total. The van der Waals surface area contributed by atoms with Crippen LogP contribution < -0.4 is 59.7 Å². The molecular formula is C48H79N11O14S. The van der Waals surface area contributed by atoms with E-state index in [0.717, 1.165) is 0 Å². The minimum absolute atomic E-state index is 0.00225. The average Bonchev–Trinajstić information content (AvgIpc) is 3.35. The normalized spacial score (nSPS) is 15.6. The molecule has 0 aliphatic heterocycles. The van der Waals surface area contributed by atoms with Crippen molar-refractivity contribution in [2.45, 2.75) is 160 Å². The molecule has 0 saturated carbocycles. The number of nitrogens with one attached hydrogen (secondary N) is 8. The molecule has 11 atom stereocenters. The number of amides is 9. The highest BCUT2D eigenvalue weighted by molar-refractivity contribution is 7.80. The number of aliphatic hydroxyl groups excluding tert-OH is 1. The summed E-state index contributed by atoms with van der Waals surface area (Å²) in [5, 5.41) is 49.1. The van der Waals surface area contributed by atoms with Gasteiger partial charge in [0.15, 0.2) is 0 Å². The van der Waals surface area contributed by atoms with Crippen LogP contribution in [0.3, 0.4) is 0 Å². The number of rotatable bonds is 36. The van der Waals surface area contributed by atoms with Gasteiger partial charge in [-0.05, 0) is 62.0 Å². The molecule has 0 aliphatic rings. The van der Waals surface area contributed by atoms with Crippen molar-refractivity contribution in [3.05, 3.63) is 35.9 Å². The topological polar surface area (TPSA) is 423 Å². The number of unbranched alkanes of at least 4 members (excludes halogenated alkanes) is 1. The third-order valence-electron chi connectivity index (χ3n) is 12.1. The summed E-state index contributed by atoms with van der Waals surface area (Å²) in [6.07, 6.45) is -0.781. The number of benzene rings is 1. The van der Waals surface area contributed by atoms with Gasteiger partial charge in [-0.1, -0.05) is 84.7 Å². The van der Waals surface area contributed by atoms with Crippen molar-refractivity contribution in [1.82, 2.24) is 42.5 Å². The number of primary amides is 1. The number of hydrogen-bond acceptors (Lipinski definition) is 15. The monoisotopic (exact) mass is 1070 g/mol. The van der Waals surface area contributed by atoms with Crippen LogP contribution in [0.15, 0.2) is 30.3 Å². The lowest BCUT2D eigenvalue weighted by Crippen LogP contribution is -2.62. The first kappa shape index (κ1) is 65.6. The number of aliphatic hydroxyl groups is 1. The predicted octanol–water partition coefficient (Wildman–Crippen LogP) is -2.55. The van der Waals surface area contributed by atoms with Gasteiger partial charge in [0.05, 0.1) is 19.1 Å². The van der Waals surface area contributed by atoms with Crippen molar-refractivity contribution < 1.29 is 68.1 Å². The number of carbonyl (C=O) groups excluding carboxylic acids is 9. The molecule has 0 bridgehead atoms. The highest BCUT2D eigenvalue weighted by Crippen LogP contribution is 2.15. The predicted molar refractivity (Wildman–Crippen MR) is 274 cm³/mol. The maximum absolute atomic E-state index is 14.3. The Morgan fingerprint density at radius 2 is 1.03 bits per heavy atom. The Bertz CT molecular complexity index is 2050. The summed E-state index contributed by atoms with van der Waals surface area (Å²) >= 11 is 3.96. The van der Waals surface area contributed by atoms with E-state index >= 15 is 0 Å². The third-order valence-corrected chi connectivity index (χ3v) is 12.5. The fraction of sp³-hybridized carbons (Fsp3) is 0.646. The minimum atomic E-state index is -1.78. The van der Waals surface area contributed by atoms with Gasteiger partial charge in [0.2, 0.25) is 53.2 Å². The zero-order chi connectivity index (χ0) is 56.2. The molecule has 0 aliphatic carbocycles. The molecule has 0 unspecified atom stereocenters. The maximum Gasteiger partial charge on any atom is 0.326 e. The first-order chi connectivity index (χ1) is 34.8. The second-order valence-corrected chi connectivity index (χ2v) is 19.0. The SMILES string of the molecule is CC[C@H](C)[C@H](NC(=O)[C@H](CO)NC(=O)[C@@H](N)CS)C(=O)N[C@H](C(=O)N[C@@H](CC(N)=O)C(=O)N[C@@H](Cc1ccccc1)C(=O)N[C@@H](CCC(=O)O)C(=O)N[C@@H](CCCCN)C(=O)N[C@@H](CC(C)C)C(=O)O)[C@@H](C)CC. The first-order valence-electron chi connectivity index (χ1n) is 24.7. The molecule has 9 amide bonds. The minimum Gasteiger partial charge on any atom is -0.481 e. The van der Waals surface area contributed by atoms with Crippen molar-refractivity contribution >= 4 is 77.7 Å². The van der Waals surface area contributed by atoms with Crippen molar-refractivity contribution in [3.63, 3.8) is 0 Å². The molecular weight excluding hydrogens is 987 g/mol. The second kappa shape index (κ2) is 34.2. The summed E-state index contributed by atoms with van der Waals surface area (Å²) in [6.45, 7) is 9.58. The van der Waals surface area contributed by atoms with Crippen LogP contribution in [0.1, 0.15) is 105 Å². The van der Waals surface area contributed by atoms with Crippen LogP contribution >= 0.6 is 12.6 Å². The number of carbonyl (C=O) groups is 11. The van der Waals surface area contributed by atoms with Gasteiger partial charge in [0, 0.05) is 18.6 Å². The van der Waals surface area contributed by atoms with Crippen LogP contribution in [-0.2, 0) is 59.2 Å². The molecule has 0 radical (unpaired) electrons. The number of thiol groups is 1. The zero-order valence-corrected chi connectivity index (χ0v) is 43.9. The third kappa shape index (κ3) is 23.7. The quantitative estimate of drug-likeness (QED) is 0.0243. The zero-order valence-electron chi connectivity index (χ0n) is 43.0. The highest BCUT2D eigenvalue weighted by atomic mass is 32.1. The van der Waals surface area contributed by atoms with Gasteiger partial charge in [-0.3, -0.25) is 47.9 Å². The summed E-state index contributed by atoms with van der Waals surface area (Å²) in [7, 11) is 0. The number of carboxylic acid groups (broad SMARTS) is 2. The summed E-state index contributed by atoms with van der Waals surface area (Å²) in [5.41, 5.74) is 17.4. The van der Waals surface area contributed by atoms with Crippen molar-refractivity contribution in [3.8, 4) is 0 Å². The lowest BCUT2D eigenvalue weighted by atomic mass is 9.94. The molecule has 0 heterocycles. The van der Waals surface area contributed by atoms with E-state index in [0.29, 0.717) is 24.8 Å². The maximum atomic E-state index is 14.3. The highest BCUT2D eigenvalue weighted by Gasteiger charge is 2.37. The second-order valence-electron chi connectivity index (χ2n) is 18.6. The van der Waals surface area contributed by atoms with Gasteiger partial charge in [-0.25, -0.2) is 4.79 Å². The molecule has 416 valence electrons. The van der Waals surface area contributed by atoms with Gasteiger partial charge in [-0.15, -0.1) is 0 Å². The Morgan fingerprint density at radius 1 is 0.581 bits per heavy atom. The molecule has 1 aromatic carbocycles. The molecule has 74 heavy (non-hydrogen) atoms. The summed E-state index contributed by atoms with van der Waals surface area (Å²) in [5.74, 6) is -12.6. The van der Waals surface area contributed by atoms with E-state index in [9.17, 15) is 68.1 Å². The van der Waals surface area contributed by atoms with Crippen molar-refractivity contribution in [2.75, 3.05) is 18.9 Å². The molecule has 25 nitrogen and oxygen atoms in total. The van der Waals surface area contributed by atoms with Gasteiger partial charge in [-0.2, -0.15) is 12.6 Å². The molecule has 1 rings (SSSR count). The molecule has 26 heteroatoms. The van der Waals surface area contributed by atoms with E-state index in [-0.39, 0.29) is 43.9 Å². The van der Waals surface area contributed by atoms with E-state index < -0.39 is 157 Å². The Hall–Kier alpha value is -6.38. The van der Waals surface area contributed by atoms with Gasteiger partial charge in [0.1, 0.15) is 48.3 Å². The molecule has 0 fully saturated rings. The Labute approximate surface area is 436 Å². The van der Waals surface area contributed by atoms with Crippen LogP contribution in [0, 0.1) is 17.8 Å². The number of nitrogens with two attached hydrogens (primary N) is 3. The Kier molecular flexibility index (Phi) is 30.3. The summed E-state index contributed by atoms with van der Waals surface area (Å²) in [6, 6.07) is -4.79. The number of carboxylic acids is 2. The summed E-state index contributed by atoms with van der Waals surface area (Å²) < 4.78 is 0. The van der Waals surface area contributed by atoms with E-state index in [2.05, 4.69) is 55.2 Å². The number of aliphatic carboxylic acids is 2. The fourth-order valence-corrected chi connectivity index (χ4v) is 7.43. The molecule has 1 aromatic rings. The number of hydrogen-bond donors (Lipinski definition) is 15. The molecule has 0 aromatic heterocycles. The molecule has 0 spiro atoms. The van der Waals surface area contributed by atoms with Crippen molar-refractivity contribution in [2.24, 2.45) is 35.0 Å². The van der Waals surface area contributed by atoms with Gasteiger partial charge in [0.25, 0.3) is 0 Å². The van der Waals surface area contributed by atoms with Crippen LogP contribution in [0.25, 0.3) is 0 Å². The summed E-state index contributed by atoms with van der Waals surface area (Å²) in [4.78, 5) is 146. The van der Waals surface area contributed by atoms with E-state index in [4.69, 9.17) is 17.2 Å². The van der Waals surface area contributed by atoms with E-state index in [1.54, 1.807) is 71.9 Å². The van der Waals surface area contributed by atoms with E-state index in [1.165, 1.54) is 0 Å². The fourth-order valence-electron chi connectivity index (χ4n) is 7.27. The lowest BCUT2D eigenvalue weighted by Gasteiger charge is -2.31. The van der Waals surface area contributed by atoms with Crippen molar-refractivity contribution in [1.29, 1.82) is 0 Å². The standard InChI is InChI=1S/C48H79N11O14S/c1-7-26(5)38(59-47(71)39(27(6)8-2)58-45(69)35(23-60)57-40(64)29(50)24-74)46(70)55-33(22-36(51)61)44(68)54-32(21-28-14-10-9-11-15-28)43(67)53-31(17-18-37(62)63)42(66)52-30(16-12-13-19-49)41(65)56-34(48(72)73)20-25(3)4/h9-11,14-15,25-27,29-35,38-39,60,74H,7-8,12-13,16-24,49-50H2,1-6H3,(H2,51,61)(H,52,66)(H,53,67)(H,54,68)(H,55,70)(H,56,65)(H,57,64)(H,58,69)(H,59,71)(H,62,63)(H,72,73)/t26-,27-,29-,30-,31-,32-,33-,34-,35-,38-,39-/m0/s1. The largest absolute Gasteiger partial charge is 0.481 e. The van der Waals surface area contributed by atoms with Crippen LogP contribution in [0.2, 0.25) is 0 Å². The first-order valence-corrected chi connectivity index (χ1v) is 25.3. The Morgan fingerprint density at radius 3 is 1.50 bits per heavy atom. The van der Waals surface area contributed by atoms with Crippen LogP contribution in [0.5, 0.6) is 0 Å². The Balaban J connectivity index is 3.61. The van der Waals surface area contributed by atoms with Gasteiger partial charge >= 0.3 is 11.9 Å². The van der Waals surface area contributed by atoms with E-state index in [1.807, 2.05) is 0 Å². The van der Waals surface area contributed by atoms with Crippen LogP contribution in [0.4, 0.5) is 0 Å². The average molecular weight is 1070 g/mol. The van der Waals surface area contributed by atoms with Crippen LogP contribution in [-0.4, -0.2) is 154 Å². The smallest absolute Gasteiger partial charge is 0.326 e.